The first kappa shape index (κ1) is 23.4. The third kappa shape index (κ3) is 5.62. The summed E-state index contributed by atoms with van der Waals surface area (Å²) in [4.78, 5) is 37.5. The van der Waals surface area contributed by atoms with Crippen LogP contribution in [0.25, 0.3) is 16.9 Å². The van der Waals surface area contributed by atoms with Crippen LogP contribution in [-0.2, 0) is 4.79 Å². The van der Waals surface area contributed by atoms with Crippen molar-refractivity contribution in [2.75, 3.05) is 6.54 Å². The van der Waals surface area contributed by atoms with Crippen molar-refractivity contribution in [1.29, 1.82) is 0 Å². The Bertz CT molecular complexity index is 1360. The maximum Gasteiger partial charge on any atom is 0.273 e. The van der Waals surface area contributed by atoms with Gasteiger partial charge in [0.15, 0.2) is 0 Å². The zero-order chi connectivity index (χ0) is 24.8. The van der Waals surface area contributed by atoms with E-state index in [9.17, 15) is 14.4 Å². The summed E-state index contributed by atoms with van der Waals surface area (Å²) in [5, 5.41) is 7.14. The van der Waals surface area contributed by atoms with Gasteiger partial charge in [0, 0.05) is 17.3 Å². The zero-order valence-corrected chi connectivity index (χ0v) is 19.4. The van der Waals surface area contributed by atoms with E-state index in [-0.39, 0.29) is 12.5 Å². The van der Waals surface area contributed by atoms with Crippen LogP contribution in [0.4, 0.5) is 0 Å². The Hall–Kier alpha value is -4.72. The molecular weight excluding hydrogens is 442 g/mol. The fraction of sp³-hybridized carbons (Fsp3) is 0.111. The minimum Gasteiger partial charge on any atom is -0.343 e. The average molecular weight is 468 g/mol. The van der Waals surface area contributed by atoms with Gasteiger partial charge in [-0.2, -0.15) is 5.10 Å². The SMILES string of the molecule is Cc1ccc(C(=O)NCC(=O)NNC(=O)c2cn(-c3ccccc3)nc2-c2ccccc2)cc1C. The number of nitrogens with one attached hydrogen (secondary N) is 3. The number of carbonyl (C=O) groups is 3. The molecule has 3 N–H and O–H groups in total. The van der Waals surface area contributed by atoms with Gasteiger partial charge in [-0.3, -0.25) is 25.2 Å². The Morgan fingerprint density at radius 2 is 1.49 bits per heavy atom. The van der Waals surface area contributed by atoms with Crippen molar-refractivity contribution in [3.8, 4) is 16.9 Å². The van der Waals surface area contributed by atoms with Crippen LogP contribution >= 0.6 is 0 Å². The van der Waals surface area contributed by atoms with Crippen LogP contribution < -0.4 is 16.2 Å². The van der Waals surface area contributed by atoms with Crippen LogP contribution in [-0.4, -0.2) is 34.0 Å². The third-order valence-electron chi connectivity index (χ3n) is 5.52. The molecule has 0 saturated heterocycles. The monoisotopic (exact) mass is 467 g/mol. The standard InChI is InChI=1S/C27H25N5O3/c1-18-13-14-21(15-19(18)2)26(34)28-16-24(33)29-30-27(35)23-17-32(22-11-7-4-8-12-22)31-25(23)20-9-5-3-6-10-20/h3-15,17H,16H2,1-2H3,(H,28,34)(H,29,33)(H,30,35). The lowest BCUT2D eigenvalue weighted by Crippen LogP contribution is -2.46. The van der Waals surface area contributed by atoms with Crippen LogP contribution in [0.3, 0.4) is 0 Å². The van der Waals surface area contributed by atoms with E-state index < -0.39 is 11.8 Å². The molecule has 4 aromatic rings. The number of rotatable bonds is 6. The highest BCUT2D eigenvalue weighted by Gasteiger charge is 2.19. The fourth-order valence-electron chi connectivity index (χ4n) is 3.45. The molecule has 0 aliphatic carbocycles. The maximum absolute atomic E-state index is 13.0. The molecule has 0 saturated carbocycles. The van der Waals surface area contributed by atoms with Gasteiger partial charge in [-0.25, -0.2) is 4.68 Å². The van der Waals surface area contributed by atoms with Gasteiger partial charge in [0.1, 0.15) is 5.69 Å². The number of hydrazine groups is 1. The third-order valence-corrected chi connectivity index (χ3v) is 5.52. The second-order valence-electron chi connectivity index (χ2n) is 8.02. The summed E-state index contributed by atoms with van der Waals surface area (Å²) in [5.74, 6) is -1.46. The summed E-state index contributed by atoms with van der Waals surface area (Å²) in [7, 11) is 0. The number of nitrogens with zero attached hydrogens (tertiary/aromatic N) is 2. The molecule has 8 heteroatoms. The molecule has 0 aliphatic heterocycles. The van der Waals surface area contributed by atoms with Gasteiger partial charge >= 0.3 is 0 Å². The number of hydrogen-bond donors (Lipinski definition) is 3. The molecule has 0 bridgehead atoms. The smallest absolute Gasteiger partial charge is 0.273 e. The number of aromatic nitrogens is 2. The fourth-order valence-corrected chi connectivity index (χ4v) is 3.45. The van der Waals surface area contributed by atoms with E-state index in [1.165, 1.54) is 0 Å². The average Bonchev–Trinajstić information content (AvgIpc) is 3.34. The molecule has 176 valence electrons. The number of hydrogen-bond acceptors (Lipinski definition) is 4. The van der Waals surface area contributed by atoms with E-state index in [4.69, 9.17) is 0 Å². The Kier molecular flexibility index (Phi) is 7.02. The van der Waals surface area contributed by atoms with Gasteiger partial charge in [-0.1, -0.05) is 54.6 Å². The first-order valence-electron chi connectivity index (χ1n) is 11.1. The summed E-state index contributed by atoms with van der Waals surface area (Å²) in [6.07, 6.45) is 1.61. The minimum atomic E-state index is -0.563. The van der Waals surface area contributed by atoms with Crippen molar-refractivity contribution in [1.82, 2.24) is 25.9 Å². The molecule has 3 amide bonds. The molecule has 0 aliphatic rings. The van der Waals surface area contributed by atoms with Gasteiger partial charge < -0.3 is 5.32 Å². The normalized spacial score (nSPS) is 10.5. The summed E-state index contributed by atoms with van der Waals surface area (Å²) >= 11 is 0. The molecule has 0 unspecified atom stereocenters. The molecule has 0 atom stereocenters. The number of aryl methyl sites for hydroxylation is 2. The lowest BCUT2D eigenvalue weighted by atomic mass is 10.1. The van der Waals surface area contributed by atoms with Crippen LogP contribution in [0.2, 0.25) is 0 Å². The second kappa shape index (κ2) is 10.5. The van der Waals surface area contributed by atoms with E-state index in [1.54, 1.807) is 23.0 Å². The Morgan fingerprint density at radius 3 is 2.17 bits per heavy atom. The molecule has 0 radical (unpaired) electrons. The molecular formula is C27H25N5O3. The minimum absolute atomic E-state index is 0.291. The summed E-state index contributed by atoms with van der Waals surface area (Å²) in [6.45, 7) is 3.58. The lowest BCUT2D eigenvalue weighted by molar-refractivity contribution is -0.120. The molecule has 1 aromatic heterocycles. The maximum atomic E-state index is 13.0. The van der Waals surface area contributed by atoms with E-state index in [1.807, 2.05) is 80.6 Å². The summed E-state index contributed by atoms with van der Waals surface area (Å²) < 4.78 is 1.61. The van der Waals surface area contributed by atoms with E-state index >= 15 is 0 Å². The quantitative estimate of drug-likeness (QED) is 0.378. The number of benzene rings is 3. The summed E-state index contributed by atoms with van der Waals surface area (Å²) in [6, 6.07) is 24.0. The van der Waals surface area contributed by atoms with Crippen molar-refractivity contribution in [3.63, 3.8) is 0 Å². The van der Waals surface area contributed by atoms with Crippen LogP contribution in [0.15, 0.2) is 85.1 Å². The van der Waals surface area contributed by atoms with Crippen molar-refractivity contribution in [2.45, 2.75) is 13.8 Å². The van der Waals surface area contributed by atoms with Gasteiger partial charge in [-0.05, 0) is 49.2 Å². The predicted octanol–water partition coefficient (Wildman–Crippen LogP) is 3.35. The van der Waals surface area contributed by atoms with Gasteiger partial charge in [0.25, 0.3) is 17.7 Å². The molecule has 4 rings (SSSR count). The predicted molar refractivity (Wildman–Crippen MR) is 133 cm³/mol. The number of carbonyl (C=O) groups excluding carboxylic acids is 3. The van der Waals surface area contributed by atoms with Crippen LogP contribution in [0, 0.1) is 13.8 Å². The molecule has 1 heterocycles. The largest absolute Gasteiger partial charge is 0.343 e. The van der Waals surface area contributed by atoms with E-state index in [0.717, 1.165) is 22.4 Å². The van der Waals surface area contributed by atoms with Gasteiger partial charge in [0.05, 0.1) is 17.8 Å². The number of amides is 3. The lowest BCUT2D eigenvalue weighted by Gasteiger charge is -2.09. The van der Waals surface area contributed by atoms with Crippen LogP contribution in [0.1, 0.15) is 31.8 Å². The highest BCUT2D eigenvalue weighted by Crippen LogP contribution is 2.23. The molecule has 8 nitrogen and oxygen atoms in total. The molecule has 0 spiro atoms. The van der Waals surface area contributed by atoms with Crippen molar-refractivity contribution < 1.29 is 14.4 Å². The zero-order valence-electron chi connectivity index (χ0n) is 19.4. The molecule has 3 aromatic carbocycles. The Labute approximate surface area is 203 Å². The Balaban J connectivity index is 1.42. The van der Waals surface area contributed by atoms with Gasteiger partial charge in [0.2, 0.25) is 0 Å². The summed E-state index contributed by atoms with van der Waals surface area (Å²) in [5.41, 5.74) is 9.61. The second-order valence-corrected chi connectivity index (χ2v) is 8.02. The molecule has 0 fully saturated rings. The van der Waals surface area contributed by atoms with Crippen molar-refractivity contribution >= 4 is 17.7 Å². The van der Waals surface area contributed by atoms with Crippen molar-refractivity contribution in [3.05, 3.63) is 107 Å². The van der Waals surface area contributed by atoms with Gasteiger partial charge in [-0.15, -0.1) is 0 Å². The van der Waals surface area contributed by atoms with Crippen LogP contribution in [0.5, 0.6) is 0 Å². The molecule has 35 heavy (non-hydrogen) atoms. The Morgan fingerprint density at radius 1 is 0.800 bits per heavy atom. The van der Waals surface area contributed by atoms with E-state index in [0.29, 0.717) is 16.8 Å². The first-order valence-corrected chi connectivity index (χ1v) is 11.1. The number of para-hydroxylation sites is 1. The highest BCUT2D eigenvalue weighted by molar-refractivity contribution is 6.01. The highest BCUT2D eigenvalue weighted by atomic mass is 16.2. The van der Waals surface area contributed by atoms with E-state index in [2.05, 4.69) is 21.3 Å². The first-order chi connectivity index (χ1) is 16.9. The van der Waals surface area contributed by atoms with Crippen molar-refractivity contribution in [2.24, 2.45) is 0 Å². The topological polar surface area (TPSA) is 105 Å².